The Kier molecular flexibility index (Phi) is 6.94. The number of pyridine rings is 1. The van der Waals surface area contributed by atoms with Crippen LogP contribution >= 0.6 is 11.8 Å². The quantitative estimate of drug-likeness (QED) is 0.546. The number of nitrogens with one attached hydrogen (secondary N) is 1. The molecule has 1 aromatic carbocycles. The molecule has 0 fully saturated rings. The number of amides is 1. The molecular formula is C23H27N5O3S. The number of aromatic nitrogens is 4. The SMILES string of the molecule is CC(C)[C@H](NC(=O)CSc1nnc(-c2cccnc2)n1C)c1ccc2c(c1)OCCCO2. The minimum atomic E-state index is -0.134. The van der Waals surface area contributed by atoms with Crippen molar-refractivity contribution in [3.8, 4) is 22.9 Å². The van der Waals surface area contributed by atoms with Gasteiger partial charge in [0.25, 0.3) is 0 Å². The Morgan fingerprint density at radius 3 is 2.75 bits per heavy atom. The predicted molar refractivity (Wildman–Crippen MR) is 123 cm³/mol. The van der Waals surface area contributed by atoms with Crippen molar-refractivity contribution in [3.63, 3.8) is 0 Å². The number of thioether (sulfide) groups is 1. The summed E-state index contributed by atoms with van der Waals surface area (Å²) in [5.41, 5.74) is 1.88. The van der Waals surface area contributed by atoms with E-state index < -0.39 is 0 Å². The summed E-state index contributed by atoms with van der Waals surface area (Å²) in [6.07, 6.45) is 4.32. The Morgan fingerprint density at radius 2 is 2.00 bits per heavy atom. The van der Waals surface area contributed by atoms with Gasteiger partial charge in [-0.15, -0.1) is 10.2 Å². The van der Waals surface area contributed by atoms with E-state index in [1.807, 2.05) is 41.9 Å². The fraction of sp³-hybridized carbons (Fsp3) is 0.391. The lowest BCUT2D eigenvalue weighted by Crippen LogP contribution is -2.33. The molecule has 0 aliphatic carbocycles. The van der Waals surface area contributed by atoms with Gasteiger partial charge in [0.15, 0.2) is 22.5 Å². The van der Waals surface area contributed by atoms with Gasteiger partial charge in [-0.1, -0.05) is 31.7 Å². The van der Waals surface area contributed by atoms with Crippen molar-refractivity contribution < 1.29 is 14.3 Å². The molecule has 0 bridgehead atoms. The second kappa shape index (κ2) is 10.0. The monoisotopic (exact) mass is 453 g/mol. The fourth-order valence-corrected chi connectivity index (χ4v) is 4.26. The summed E-state index contributed by atoms with van der Waals surface area (Å²) in [4.78, 5) is 16.9. The molecule has 1 amide bonds. The van der Waals surface area contributed by atoms with Gasteiger partial charge in [0, 0.05) is 31.4 Å². The molecule has 3 aromatic rings. The molecule has 0 saturated heterocycles. The number of carbonyl (C=O) groups excluding carboxylic acids is 1. The third-order valence-electron chi connectivity index (χ3n) is 5.20. The lowest BCUT2D eigenvalue weighted by molar-refractivity contribution is -0.119. The molecule has 9 heteroatoms. The molecule has 0 saturated carbocycles. The van der Waals surface area contributed by atoms with E-state index in [9.17, 15) is 4.79 Å². The third kappa shape index (κ3) is 5.04. The first-order valence-electron chi connectivity index (χ1n) is 10.6. The van der Waals surface area contributed by atoms with Gasteiger partial charge in [0.2, 0.25) is 5.91 Å². The summed E-state index contributed by atoms with van der Waals surface area (Å²) >= 11 is 1.36. The Balaban J connectivity index is 1.41. The van der Waals surface area contributed by atoms with Gasteiger partial charge in [0.05, 0.1) is 25.0 Å². The zero-order chi connectivity index (χ0) is 22.5. The van der Waals surface area contributed by atoms with Crippen LogP contribution in [0.1, 0.15) is 31.9 Å². The molecule has 168 valence electrons. The van der Waals surface area contributed by atoms with Crippen LogP contribution in [0.25, 0.3) is 11.4 Å². The van der Waals surface area contributed by atoms with Gasteiger partial charge in [-0.2, -0.15) is 0 Å². The van der Waals surface area contributed by atoms with E-state index >= 15 is 0 Å². The lowest BCUT2D eigenvalue weighted by Gasteiger charge is -2.24. The molecular weight excluding hydrogens is 426 g/mol. The van der Waals surface area contributed by atoms with E-state index in [2.05, 4.69) is 34.3 Å². The fourth-order valence-electron chi connectivity index (χ4n) is 3.54. The number of hydrogen-bond donors (Lipinski definition) is 1. The van der Waals surface area contributed by atoms with Crippen LogP contribution in [-0.4, -0.2) is 44.6 Å². The van der Waals surface area contributed by atoms with E-state index in [0.29, 0.717) is 24.2 Å². The molecule has 0 radical (unpaired) electrons. The van der Waals surface area contributed by atoms with Gasteiger partial charge in [-0.05, 0) is 35.7 Å². The van der Waals surface area contributed by atoms with Gasteiger partial charge >= 0.3 is 0 Å². The molecule has 0 unspecified atom stereocenters. The highest BCUT2D eigenvalue weighted by Crippen LogP contribution is 2.34. The Labute approximate surface area is 191 Å². The normalized spacial score (nSPS) is 14.1. The van der Waals surface area contributed by atoms with Gasteiger partial charge < -0.3 is 19.4 Å². The van der Waals surface area contributed by atoms with Crippen molar-refractivity contribution in [2.45, 2.75) is 31.5 Å². The molecule has 2 aromatic heterocycles. The van der Waals surface area contributed by atoms with Crippen LogP contribution in [0, 0.1) is 5.92 Å². The van der Waals surface area contributed by atoms with Crippen LogP contribution in [0.4, 0.5) is 0 Å². The topological polar surface area (TPSA) is 91.2 Å². The lowest BCUT2D eigenvalue weighted by atomic mass is 9.95. The van der Waals surface area contributed by atoms with E-state index in [0.717, 1.165) is 29.0 Å². The van der Waals surface area contributed by atoms with Crippen molar-refractivity contribution in [1.29, 1.82) is 0 Å². The molecule has 4 rings (SSSR count). The Morgan fingerprint density at radius 1 is 1.19 bits per heavy atom. The third-order valence-corrected chi connectivity index (χ3v) is 6.22. The van der Waals surface area contributed by atoms with Crippen LogP contribution in [-0.2, 0) is 11.8 Å². The second-order valence-corrected chi connectivity index (χ2v) is 8.88. The number of benzene rings is 1. The average Bonchev–Trinajstić information content (AvgIpc) is 3.01. The van der Waals surface area contributed by atoms with Gasteiger partial charge in [-0.25, -0.2) is 0 Å². The summed E-state index contributed by atoms with van der Waals surface area (Å²) in [6.45, 7) is 5.46. The number of fused-ring (bicyclic) bond motifs is 1. The number of rotatable bonds is 7. The summed E-state index contributed by atoms with van der Waals surface area (Å²) in [7, 11) is 1.89. The summed E-state index contributed by atoms with van der Waals surface area (Å²) < 4.78 is 13.4. The van der Waals surface area contributed by atoms with Gasteiger partial charge in [-0.3, -0.25) is 9.78 Å². The number of ether oxygens (including phenoxy) is 2. The highest BCUT2D eigenvalue weighted by Gasteiger charge is 2.22. The molecule has 1 aliphatic rings. The van der Waals surface area contributed by atoms with Crippen LogP contribution in [0.2, 0.25) is 0 Å². The van der Waals surface area contributed by atoms with E-state index in [4.69, 9.17) is 9.47 Å². The van der Waals surface area contributed by atoms with Crippen LogP contribution in [0.15, 0.2) is 47.9 Å². The van der Waals surface area contributed by atoms with Crippen molar-refractivity contribution >= 4 is 17.7 Å². The van der Waals surface area contributed by atoms with E-state index in [1.54, 1.807) is 12.4 Å². The molecule has 0 spiro atoms. The zero-order valence-corrected chi connectivity index (χ0v) is 19.3. The van der Waals surface area contributed by atoms with Crippen molar-refractivity contribution in [1.82, 2.24) is 25.1 Å². The largest absolute Gasteiger partial charge is 0.490 e. The first-order valence-corrected chi connectivity index (χ1v) is 11.6. The minimum Gasteiger partial charge on any atom is -0.490 e. The summed E-state index contributed by atoms with van der Waals surface area (Å²) in [6, 6.07) is 9.55. The summed E-state index contributed by atoms with van der Waals surface area (Å²) in [5, 5.41) is 12.3. The minimum absolute atomic E-state index is 0.0632. The maximum absolute atomic E-state index is 12.8. The van der Waals surface area contributed by atoms with Crippen LogP contribution < -0.4 is 14.8 Å². The van der Waals surface area contributed by atoms with Crippen molar-refractivity contribution in [3.05, 3.63) is 48.3 Å². The molecule has 1 aliphatic heterocycles. The molecule has 8 nitrogen and oxygen atoms in total. The van der Waals surface area contributed by atoms with E-state index in [1.165, 1.54) is 11.8 Å². The molecule has 1 N–H and O–H groups in total. The highest BCUT2D eigenvalue weighted by molar-refractivity contribution is 7.99. The highest BCUT2D eigenvalue weighted by atomic mass is 32.2. The number of carbonyl (C=O) groups is 1. The number of hydrogen-bond acceptors (Lipinski definition) is 7. The van der Waals surface area contributed by atoms with E-state index in [-0.39, 0.29) is 23.6 Å². The number of nitrogens with zero attached hydrogens (tertiary/aromatic N) is 4. The Bertz CT molecular complexity index is 1070. The van der Waals surface area contributed by atoms with Crippen molar-refractivity contribution in [2.24, 2.45) is 13.0 Å². The smallest absolute Gasteiger partial charge is 0.230 e. The molecule has 32 heavy (non-hydrogen) atoms. The molecule has 3 heterocycles. The standard InChI is InChI=1S/C23H27N5O3S/c1-15(2)21(16-7-8-18-19(12-16)31-11-5-10-30-18)25-20(29)14-32-23-27-26-22(28(23)3)17-6-4-9-24-13-17/h4,6-9,12-13,15,21H,5,10-11,14H2,1-3H3,(H,25,29)/t21-/m0/s1. The maximum atomic E-state index is 12.8. The van der Waals surface area contributed by atoms with Crippen LogP contribution in [0.5, 0.6) is 11.5 Å². The summed E-state index contributed by atoms with van der Waals surface area (Å²) in [5.74, 6) is 2.59. The molecule has 1 atom stereocenters. The first kappa shape index (κ1) is 22.1. The first-order chi connectivity index (χ1) is 15.5. The van der Waals surface area contributed by atoms with Gasteiger partial charge in [0.1, 0.15) is 0 Å². The second-order valence-electron chi connectivity index (χ2n) is 7.94. The average molecular weight is 454 g/mol. The zero-order valence-electron chi connectivity index (χ0n) is 18.4. The van der Waals surface area contributed by atoms with Crippen molar-refractivity contribution in [2.75, 3.05) is 19.0 Å². The Hall–Kier alpha value is -3.07. The maximum Gasteiger partial charge on any atom is 0.230 e. The predicted octanol–water partition coefficient (Wildman–Crippen LogP) is 3.64. The van der Waals surface area contributed by atoms with Crippen LogP contribution in [0.3, 0.4) is 0 Å².